The molecule has 2 atom stereocenters. The number of aldehydes is 1. The summed E-state index contributed by atoms with van der Waals surface area (Å²) in [6.45, 7) is 4.14. The summed E-state index contributed by atoms with van der Waals surface area (Å²) in [5.74, 6) is -0.541. The number of esters is 1. The van der Waals surface area contributed by atoms with Crippen LogP contribution in [-0.2, 0) is 26.4 Å². The number of carbonyl (C=O) groups is 2. The van der Waals surface area contributed by atoms with Crippen LogP contribution in [0.4, 0.5) is 0 Å². The van der Waals surface area contributed by atoms with E-state index in [2.05, 4.69) is 15.2 Å². The molecule has 1 aromatic carbocycles. The first-order valence-electron chi connectivity index (χ1n) is 12.7. The zero-order chi connectivity index (χ0) is 26.1. The first-order chi connectivity index (χ1) is 18.6. The predicted molar refractivity (Wildman–Crippen MR) is 143 cm³/mol. The summed E-state index contributed by atoms with van der Waals surface area (Å²) in [7, 11) is 0. The Kier molecular flexibility index (Phi) is 7.10. The monoisotopic (exact) mass is 552 g/mol. The molecule has 0 spiro atoms. The van der Waals surface area contributed by atoms with E-state index in [1.807, 2.05) is 33.6 Å². The van der Waals surface area contributed by atoms with Gasteiger partial charge in [-0.25, -0.2) is 9.48 Å². The van der Waals surface area contributed by atoms with Gasteiger partial charge in [-0.05, 0) is 54.1 Å². The number of aromatic nitrogens is 3. The maximum atomic E-state index is 13.5. The van der Waals surface area contributed by atoms with Crippen LogP contribution in [0, 0.1) is 11.8 Å². The Labute approximate surface area is 227 Å². The largest absolute Gasteiger partial charge is 0.459 e. The second kappa shape index (κ2) is 10.7. The van der Waals surface area contributed by atoms with Crippen LogP contribution >= 0.6 is 22.7 Å². The molecule has 0 saturated carbocycles. The Balaban J connectivity index is 1.10. The SMILES string of the molecule is O=Cc1ccc2c(c1)nnn2CCCN1CC2COCC(C1)C2OC(=O)C(O)(c1cccs1)c1cccs1. The molecule has 2 saturated heterocycles. The van der Waals surface area contributed by atoms with E-state index in [0.717, 1.165) is 37.9 Å². The van der Waals surface area contributed by atoms with Crippen LogP contribution in [0.25, 0.3) is 11.0 Å². The van der Waals surface area contributed by atoms with Crippen LogP contribution in [0.2, 0.25) is 0 Å². The van der Waals surface area contributed by atoms with Crippen molar-refractivity contribution in [3.63, 3.8) is 0 Å². The number of hydrogen-bond donors (Lipinski definition) is 1. The number of aryl methyl sites for hydroxylation is 1. The highest BCUT2D eigenvalue weighted by Crippen LogP contribution is 2.39. The molecule has 4 aromatic rings. The van der Waals surface area contributed by atoms with Crippen molar-refractivity contribution in [3.05, 3.63) is 68.5 Å². The summed E-state index contributed by atoms with van der Waals surface area (Å²) < 4.78 is 13.8. The van der Waals surface area contributed by atoms with E-state index in [1.165, 1.54) is 22.7 Å². The summed E-state index contributed by atoms with van der Waals surface area (Å²) in [6.07, 6.45) is 1.39. The number of benzene rings is 1. The Morgan fingerprint density at radius 1 is 1.11 bits per heavy atom. The average Bonchev–Trinajstić information content (AvgIpc) is 3.71. The molecule has 3 aromatic heterocycles. The fourth-order valence-electron chi connectivity index (χ4n) is 5.54. The number of rotatable bonds is 9. The van der Waals surface area contributed by atoms with Gasteiger partial charge in [0.15, 0.2) is 0 Å². The lowest BCUT2D eigenvalue weighted by molar-refractivity contribution is -0.192. The highest BCUT2D eigenvalue weighted by molar-refractivity contribution is 7.12. The Bertz CT molecular complexity index is 1360. The molecule has 11 heteroatoms. The quantitative estimate of drug-likeness (QED) is 0.249. The third kappa shape index (κ3) is 4.69. The van der Waals surface area contributed by atoms with Crippen molar-refractivity contribution < 1.29 is 24.2 Å². The van der Waals surface area contributed by atoms with Gasteiger partial charge in [0, 0.05) is 37.0 Å². The standard InChI is InChI=1S/C27H28N4O5S2/c32-15-18-6-7-22-21(12-18)28-29-31(22)9-3-8-30-13-19-16-35-17-20(14-30)25(19)36-26(33)27(34,23-4-1-10-37-23)24-5-2-11-38-24/h1-2,4-7,10-12,15,19-20,25,34H,3,8-9,13-14,16-17H2. The molecule has 0 radical (unpaired) electrons. The van der Waals surface area contributed by atoms with Gasteiger partial charge in [0.25, 0.3) is 0 Å². The molecule has 2 unspecified atom stereocenters. The second-order valence-corrected chi connectivity index (χ2v) is 11.8. The third-order valence-electron chi connectivity index (χ3n) is 7.39. The van der Waals surface area contributed by atoms with Gasteiger partial charge in [0.2, 0.25) is 5.60 Å². The molecule has 2 fully saturated rings. The van der Waals surface area contributed by atoms with Crippen molar-refractivity contribution in [2.45, 2.75) is 24.7 Å². The van der Waals surface area contributed by atoms with Crippen LogP contribution in [-0.4, -0.2) is 76.2 Å². The molecule has 2 aliphatic rings. The van der Waals surface area contributed by atoms with E-state index in [1.54, 1.807) is 24.3 Å². The minimum absolute atomic E-state index is 0.0383. The van der Waals surface area contributed by atoms with Gasteiger partial charge in [0.05, 0.1) is 28.5 Å². The Morgan fingerprint density at radius 3 is 2.45 bits per heavy atom. The second-order valence-electron chi connectivity index (χ2n) is 9.88. The van der Waals surface area contributed by atoms with E-state index in [9.17, 15) is 14.7 Å². The van der Waals surface area contributed by atoms with Crippen LogP contribution < -0.4 is 0 Å². The normalized spacial score (nSPS) is 22.0. The maximum absolute atomic E-state index is 13.5. The van der Waals surface area contributed by atoms with Crippen molar-refractivity contribution in [1.29, 1.82) is 0 Å². The van der Waals surface area contributed by atoms with Crippen LogP contribution in [0.3, 0.4) is 0 Å². The number of hydrogen-bond acceptors (Lipinski definition) is 10. The maximum Gasteiger partial charge on any atom is 0.349 e. The van der Waals surface area contributed by atoms with E-state index in [4.69, 9.17) is 9.47 Å². The number of likely N-dealkylation sites (tertiary alicyclic amines) is 1. The smallest absolute Gasteiger partial charge is 0.349 e. The first-order valence-corrected chi connectivity index (χ1v) is 14.4. The third-order valence-corrected chi connectivity index (χ3v) is 9.35. The number of nitrogens with zero attached hydrogens (tertiary/aromatic N) is 4. The van der Waals surface area contributed by atoms with Crippen molar-refractivity contribution in [2.24, 2.45) is 11.8 Å². The summed E-state index contributed by atoms with van der Waals surface area (Å²) in [5.41, 5.74) is 0.414. The molecule has 9 nitrogen and oxygen atoms in total. The van der Waals surface area contributed by atoms with E-state index in [0.29, 0.717) is 40.6 Å². The molecule has 2 bridgehead atoms. The first kappa shape index (κ1) is 25.3. The lowest BCUT2D eigenvalue weighted by atomic mass is 9.84. The summed E-state index contributed by atoms with van der Waals surface area (Å²) >= 11 is 2.69. The number of piperidine rings is 1. The van der Waals surface area contributed by atoms with Crippen LogP contribution in [0.5, 0.6) is 0 Å². The predicted octanol–water partition coefficient (Wildman–Crippen LogP) is 3.18. The van der Waals surface area contributed by atoms with E-state index >= 15 is 0 Å². The lowest BCUT2D eigenvalue weighted by Gasteiger charge is -2.46. The average molecular weight is 553 g/mol. The topological polar surface area (TPSA) is 107 Å². The fourth-order valence-corrected chi connectivity index (χ4v) is 7.26. The molecule has 6 rings (SSSR count). The van der Waals surface area contributed by atoms with Gasteiger partial charge >= 0.3 is 5.97 Å². The van der Waals surface area contributed by atoms with Crippen molar-refractivity contribution in [1.82, 2.24) is 19.9 Å². The number of ether oxygens (including phenoxy) is 2. The number of carbonyl (C=O) groups excluding carboxylic acids is 2. The fraction of sp³-hybridized carbons (Fsp3) is 0.407. The number of thiophene rings is 2. The summed E-state index contributed by atoms with van der Waals surface area (Å²) in [4.78, 5) is 28.1. The lowest BCUT2D eigenvalue weighted by Crippen LogP contribution is -2.58. The minimum Gasteiger partial charge on any atom is -0.459 e. The van der Waals surface area contributed by atoms with Crippen molar-refractivity contribution >= 4 is 46.0 Å². The zero-order valence-corrected chi connectivity index (χ0v) is 22.3. The molecule has 0 amide bonds. The Morgan fingerprint density at radius 2 is 1.82 bits per heavy atom. The molecular formula is C27H28N4O5S2. The van der Waals surface area contributed by atoms with Crippen LogP contribution in [0.1, 0.15) is 26.5 Å². The highest BCUT2D eigenvalue weighted by Gasteiger charge is 2.49. The van der Waals surface area contributed by atoms with Crippen molar-refractivity contribution in [3.8, 4) is 0 Å². The minimum atomic E-state index is -1.80. The van der Waals surface area contributed by atoms with Gasteiger partial charge in [-0.3, -0.25) is 4.79 Å². The summed E-state index contributed by atoms with van der Waals surface area (Å²) in [6, 6.07) is 12.6. The molecule has 198 valence electrons. The van der Waals surface area contributed by atoms with Gasteiger partial charge < -0.3 is 19.5 Å². The molecule has 0 aliphatic carbocycles. The van der Waals surface area contributed by atoms with Crippen molar-refractivity contribution in [2.75, 3.05) is 32.8 Å². The summed E-state index contributed by atoms with van der Waals surface area (Å²) in [5, 5.41) is 23.8. The van der Waals surface area contributed by atoms with E-state index in [-0.39, 0.29) is 17.9 Å². The molecule has 1 N–H and O–H groups in total. The Hall–Kier alpha value is -2.96. The number of fused-ring (bicyclic) bond motifs is 3. The molecule has 38 heavy (non-hydrogen) atoms. The van der Waals surface area contributed by atoms with Gasteiger partial charge in [0.1, 0.15) is 17.9 Å². The molecule has 2 aliphatic heterocycles. The van der Waals surface area contributed by atoms with Gasteiger partial charge in [-0.2, -0.15) is 0 Å². The van der Waals surface area contributed by atoms with E-state index < -0.39 is 11.6 Å². The highest BCUT2D eigenvalue weighted by atomic mass is 32.1. The van der Waals surface area contributed by atoms with Crippen LogP contribution in [0.15, 0.2) is 53.2 Å². The molecule has 5 heterocycles. The zero-order valence-electron chi connectivity index (χ0n) is 20.6. The van der Waals surface area contributed by atoms with Gasteiger partial charge in [-0.15, -0.1) is 27.8 Å². The molecular weight excluding hydrogens is 524 g/mol. The number of aliphatic hydroxyl groups is 1. The van der Waals surface area contributed by atoms with Gasteiger partial charge in [-0.1, -0.05) is 17.3 Å².